The van der Waals surface area contributed by atoms with E-state index in [1.54, 1.807) is 28.2 Å². The van der Waals surface area contributed by atoms with E-state index < -0.39 is 0 Å². The maximum atomic E-state index is 12.6. The molecule has 2 aromatic rings. The van der Waals surface area contributed by atoms with E-state index in [0.29, 0.717) is 17.4 Å². The van der Waals surface area contributed by atoms with Gasteiger partial charge in [-0.05, 0) is 38.3 Å². The van der Waals surface area contributed by atoms with Crippen molar-refractivity contribution >= 4 is 35.0 Å². The molecule has 0 saturated carbocycles. The topological polar surface area (TPSA) is 51.0 Å². The summed E-state index contributed by atoms with van der Waals surface area (Å²) in [6.45, 7) is 6.26. The fraction of sp³-hybridized carbons (Fsp3) is 0.312. The number of pyridine rings is 1. The number of carbonyl (C=O) groups excluding carboxylic acids is 1. The third-order valence-corrected chi connectivity index (χ3v) is 4.51. The highest BCUT2D eigenvalue weighted by molar-refractivity contribution is 8.03. The molecule has 2 heterocycles. The van der Waals surface area contributed by atoms with Crippen LogP contribution in [0.2, 0.25) is 5.15 Å². The lowest BCUT2D eigenvalue weighted by molar-refractivity contribution is -0.117. The maximum absolute atomic E-state index is 12.6. The summed E-state index contributed by atoms with van der Waals surface area (Å²) in [5.74, 6) is 0.00300. The number of anilines is 1. The van der Waals surface area contributed by atoms with Crippen molar-refractivity contribution in [2.24, 2.45) is 0 Å². The van der Waals surface area contributed by atoms with Gasteiger partial charge < -0.3 is 4.90 Å². The fourth-order valence-corrected chi connectivity index (χ4v) is 2.93. The quantitative estimate of drug-likeness (QED) is 0.792. The minimum atomic E-state index is -0.191. The second-order valence-corrected chi connectivity index (χ2v) is 6.40. The minimum Gasteiger partial charge on any atom is -0.308 e. The molecule has 1 amide bonds. The van der Waals surface area contributed by atoms with Gasteiger partial charge in [0.15, 0.2) is 5.15 Å². The van der Waals surface area contributed by atoms with Crippen LogP contribution in [-0.2, 0) is 4.79 Å². The van der Waals surface area contributed by atoms with E-state index in [-0.39, 0.29) is 11.2 Å². The lowest BCUT2D eigenvalue weighted by Crippen LogP contribution is -2.36. The Bertz CT molecular complexity index is 687. The Kier molecular flexibility index (Phi) is 6.24. The van der Waals surface area contributed by atoms with Crippen molar-refractivity contribution in [3.63, 3.8) is 0 Å². The molecule has 122 valence electrons. The highest BCUT2D eigenvalue weighted by Gasteiger charge is 2.24. The van der Waals surface area contributed by atoms with Crippen molar-refractivity contribution in [2.75, 3.05) is 11.4 Å². The summed E-state index contributed by atoms with van der Waals surface area (Å²) < 4.78 is 1.63. The summed E-state index contributed by atoms with van der Waals surface area (Å²) in [7, 11) is 0. The molecule has 0 aliphatic rings. The predicted molar refractivity (Wildman–Crippen MR) is 96.3 cm³/mol. The smallest absolute Gasteiger partial charge is 0.240 e. The van der Waals surface area contributed by atoms with Crippen molar-refractivity contribution in [3.05, 3.63) is 47.4 Å². The first kappa shape index (κ1) is 17.6. The molecule has 0 N–H and O–H groups in total. The lowest BCUT2D eigenvalue weighted by Gasteiger charge is -2.22. The van der Waals surface area contributed by atoms with Gasteiger partial charge in [-0.25, -0.2) is 4.68 Å². The first-order valence-corrected chi connectivity index (χ1v) is 8.64. The number of amides is 1. The van der Waals surface area contributed by atoms with E-state index in [1.807, 2.05) is 44.4 Å². The molecule has 1 atom stereocenters. The number of allylic oxidation sites excluding steroid dienone is 1. The van der Waals surface area contributed by atoms with Crippen LogP contribution in [0.3, 0.4) is 0 Å². The molecular formula is C16H19ClN4OS. The van der Waals surface area contributed by atoms with E-state index in [9.17, 15) is 4.79 Å². The van der Waals surface area contributed by atoms with E-state index in [2.05, 4.69) is 10.1 Å². The second kappa shape index (κ2) is 8.17. The molecule has 7 heteroatoms. The van der Waals surface area contributed by atoms with Crippen LogP contribution in [0.1, 0.15) is 20.8 Å². The van der Waals surface area contributed by atoms with E-state index in [4.69, 9.17) is 11.6 Å². The monoisotopic (exact) mass is 350 g/mol. The lowest BCUT2D eigenvalue weighted by atomic mass is 10.3. The number of rotatable bonds is 6. The number of carbonyl (C=O) groups is 1. The number of halogens is 1. The highest BCUT2D eigenvalue weighted by atomic mass is 35.5. The molecule has 0 aliphatic heterocycles. The van der Waals surface area contributed by atoms with Crippen LogP contribution < -0.4 is 4.90 Å². The van der Waals surface area contributed by atoms with Gasteiger partial charge in [-0.2, -0.15) is 5.10 Å². The molecule has 2 rings (SSSR count). The summed E-state index contributed by atoms with van der Waals surface area (Å²) in [4.78, 5) is 18.4. The van der Waals surface area contributed by atoms with Crippen LogP contribution in [-0.4, -0.2) is 32.5 Å². The third-order valence-electron chi connectivity index (χ3n) is 3.20. The summed E-state index contributed by atoms with van der Waals surface area (Å²) in [5, 5.41) is 6.30. The fourth-order valence-electron chi connectivity index (χ4n) is 2.07. The molecule has 0 spiro atoms. The molecule has 0 saturated heterocycles. The Hall–Kier alpha value is -1.79. The maximum Gasteiger partial charge on any atom is 0.240 e. The van der Waals surface area contributed by atoms with Gasteiger partial charge in [0, 0.05) is 12.7 Å². The molecule has 0 bridgehead atoms. The van der Waals surface area contributed by atoms with Crippen LogP contribution >= 0.6 is 23.4 Å². The summed E-state index contributed by atoms with van der Waals surface area (Å²) >= 11 is 7.73. The van der Waals surface area contributed by atoms with Crippen molar-refractivity contribution in [3.8, 4) is 5.69 Å². The normalized spacial score (nSPS) is 12.5. The average Bonchev–Trinajstić information content (AvgIpc) is 2.96. The molecule has 5 nitrogen and oxygen atoms in total. The molecule has 1 unspecified atom stereocenters. The van der Waals surface area contributed by atoms with Crippen LogP contribution in [0.4, 0.5) is 5.69 Å². The molecule has 0 aliphatic carbocycles. The van der Waals surface area contributed by atoms with Crippen molar-refractivity contribution in [1.29, 1.82) is 0 Å². The van der Waals surface area contributed by atoms with Crippen LogP contribution in [0, 0.1) is 0 Å². The Balaban J connectivity index is 2.28. The molecule has 0 fully saturated rings. The average molecular weight is 351 g/mol. The van der Waals surface area contributed by atoms with Gasteiger partial charge in [-0.3, -0.25) is 9.78 Å². The Labute approximate surface area is 145 Å². The Morgan fingerprint density at radius 1 is 1.57 bits per heavy atom. The minimum absolute atomic E-state index is 0.00300. The molecule has 0 aromatic carbocycles. The van der Waals surface area contributed by atoms with Crippen LogP contribution in [0.5, 0.6) is 0 Å². The van der Waals surface area contributed by atoms with Crippen molar-refractivity contribution in [1.82, 2.24) is 14.8 Å². The Morgan fingerprint density at radius 3 is 2.96 bits per heavy atom. The van der Waals surface area contributed by atoms with Crippen LogP contribution in [0.25, 0.3) is 5.69 Å². The highest BCUT2D eigenvalue weighted by Crippen LogP contribution is 2.28. The van der Waals surface area contributed by atoms with Crippen LogP contribution in [0.15, 0.2) is 42.2 Å². The van der Waals surface area contributed by atoms with Gasteiger partial charge in [-0.15, -0.1) is 11.8 Å². The number of nitrogens with zero attached hydrogens (tertiary/aromatic N) is 4. The number of hydrogen-bond acceptors (Lipinski definition) is 4. The van der Waals surface area contributed by atoms with Gasteiger partial charge in [0.05, 0.1) is 23.3 Å². The summed E-state index contributed by atoms with van der Waals surface area (Å²) in [6.07, 6.45) is 7.05. The first-order chi connectivity index (χ1) is 11.1. The molecule has 2 aromatic heterocycles. The number of aromatic nitrogens is 3. The van der Waals surface area contributed by atoms with Gasteiger partial charge in [-0.1, -0.05) is 17.7 Å². The van der Waals surface area contributed by atoms with Crippen molar-refractivity contribution < 1.29 is 4.79 Å². The van der Waals surface area contributed by atoms with Gasteiger partial charge in [0.2, 0.25) is 5.91 Å². The summed E-state index contributed by atoms with van der Waals surface area (Å²) in [6, 6.07) is 3.70. The summed E-state index contributed by atoms with van der Waals surface area (Å²) in [5.41, 5.74) is 1.40. The van der Waals surface area contributed by atoms with Gasteiger partial charge >= 0.3 is 0 Å². The van der Waals surface area contributed by atoms with Gasteiger partial charge in [0.25, 0.3) is 0 Å². The largest absolute Gasteiger partial charge is 0.308 e. The standard InChI is InChI=1S/C16H19ClN4OS/c1-4-9-23-12(3)16(22)20(5-2)14-11-21(19-15(14)17)13-7-6-8-18-10-13/h4,6-12H,5H2,1-3H3/b9-4+. The van der Waals surface area contributed by atoms with Crippen molar-refractivity contribution in [2.45, 2.75) is 26.0 Å². The molecule has 23 heavy (non-hydrogen) atoms. The SMILES string of the molecule is C/C=C/SC(C)C(=O)N(CC)c1cn(-c2cccnc2)nc1Cl. The number of thioether (sulfide) groups is 1. The first-order valence-electron chi connectivity index (χ1n) is 7.32. The Morgan fingerprint density at radius 2 is 2.35 bits per heavy atom. The molecular weight excluding hydrogens is 332 g/mol. The van der Waals surface area contributed by atoms with E-state index in [0.717, 1.165) is 5.69 Å². The van der Waals surface area contributed by atoms with E-state index >= 15 is 0 Å². The third kappa shape index (κ3) is 4.14. The zero-order valence-corrected chi connectivity index (χ0v) is 14.9. The zero-order chi connectivity index (χ0) is 16.8. The van der Waals surface area contributed by atoms with Gasteiger partial charge in [0.1, 0.15) is 5.69 Å². The number of hydrogen-bond donors (Lipinski definition) is 0. The second-order valence-electron chi connectivity index (χ2n) is 4.79. The van der Waals surface area contributed by atoms with E-state index in [1.165, 1.54) is 11.8 Å². The molecule has 0 radical (unpaired) electrons. The zero-order valence-electron chi connectivity index (χ0n) is 13.3. The predicted octanol–water partition coefficient (Wildman–Crippen LogP) is 3.93.